The van der Waals surface area contributed by atoms with Gasteiger partial charge in [0.15, 0.2) is 0 Å². The van der Waals surface area contributed by atoms with E-state index >= 15 is 0 Å². The number of anilines is 1. The number of carbonyl (C=O) groups excluding carboxylic acids is 1. The standard InChI is InChI=1S/C22H21ClFN3O/c1-14-20(15(2)27(25-14)19-8-5-17(23)6-9-19)13-22(28)26-11-3-4-16-12-18(24)7-10-21(16)26/h5-10,12H,3-4,11,13H2,1-2H3. The van der Waals surface area contributed by atoms with Crippen LogP contribution in [0.4, 0.5) is 10.1 Å². The lowest BCUT2D eigenvalue weighted by atomic mass is 10.0. The van der Waals surface area contributed by atoms with Crippen molar-refractivity contribution in [2.75, 3.05) is 11.4 Å². The van der Waals surface area contributed by atoms with E-state index in [-0.39, 0.29) is 18.1 Å². The molecule has 3 aromatic rings. The van der Waals surface area contributed by atoms with Gasteiger partial charge in [-0.25, -0.2) is 9.07 Å². The molecule has 0 spiro atoms. The molecule has 0 fully saturated rings. The van der Waals surface area contributed by atoms with E-state index in [0.29, 0.717) is 11.6 Å². The molecule has 0 aliphatic carbocycles. The summed E-state index contributed by atoms with van der Waals surface area (Å²) in [6, 6.07) is 12.1. The predicted molar refractivity (Wildman–Crippen MR) is 109 cm³/mol. The lowest BCUT2D eigenvalue weighted by Gasteiger charge is -2.29. The summed E-state index contributed by atoms with van der Waals surface area (Å²) in [6.07, 6.45) is 1.90. The summed E-state index contributed by atoms with van der Waals surface area (Å²) in [7, 11) is 0. The van der Waals surface area contributed by atoms with E-state index < -0.39 is 0 Å². The summed E-state index contributed by atoms with van der Waals surface area (Å²) in [5.41, 5.74) is 5.31. The minimum Gasteiger partial charge on any atom is -0.312 e. The highest BCUT2D eigenvalue weighted by atomic mass is 35.5. The van der Waals surface area contributed by atoms with Crippen molar-refractivity contribution in [3.63, 3.8) is 0 Å². The van der Waals surface area contributed by atoms with Crippen molar-refractivity contribution >= 4 is 23.2 Å². The average molecular weight is 398 g/mol. The minimum atomic E-state index is -0.260. The quantitative estimate of drug-likeness (QED) is 0.636. The van der Waals surface area contributed by atoms with Crippen LogP contribution in [0.1, 0.15) is 28.9 Å². The summed E-state index contributed by atoms with van der Waals surface area (Å²) >= 11 is 5.98. The van der Waals surface area contributed by atoms with Crippen molar-refractivity contribution in [2.45, 2.75) is 33.1 Å². The molecule has 2 heterocycles. The number of benzene rings is 2. The Morgan fingerprint density at radius 3 is 2.68 bits per heavy atom. The maximum Gasteiger partial charge on any atom is 0.231 e. The molecule has 1 aromatic heterocycles. The van der Waals surface area contributed by atoms with Crippen LogP contribution in [0.5, 0.6) is 0 Å². The molecule has 0 bridgehead atoms. The molecular weight excluding hydrogens is 377 g/mol. The van der Waals surface area contributed by atoms with Crippen LogP contribution in [0.15, 0.2) is 42.5 Å². The van der Waals surface area contributed by atoms with Crippen LogP contribution in [-0.2, 0) is 17.6 Å². The molecule has 0 radical (unpaired) electrons. The number of hydrogen-bond donors (Lipinski definition) is 0. The molecular formula is C22H21ClFN3O. The molecule has 6 heteroatoms. The summed E-state index contributed by atoms with van der Waals surface area (Å²) in [5.74, 6) is -0.251. The SMILES string of the molecule is Cc1nn(-c2ccc(Cl)cc2)c(C)c1CC(=O)N1CCCc2cc(F)ccc21. The number of hydrogen-bond acceptors (Lipinski definition) is 2. The Balaban J connectivity index is 1.62. The van der Waals surface area contributed by atoms with Crippen LogP contribution >= 0.6 is 11.6 Å². The first-order valence-electron chi connectivity index (χ1n) is 9.34. The fourth-order valence-electron chi connectivity index (χ4n) is 3.84. The van der Waals surface area contributed by atoms with Gasteiger partial charge in [-0.1, -0.05) is 11.6 Å². The fourth-order valence-corrected chi connectivity index (χ4v) is 3.96. The van der Waals surface area contributed by atoms with E-state index in [2.05, 4.69) is 5.10 Å². The van der Waals surface area contributed by atoms with Gasteiger partial charge in [-0.15, -0.1) is 0 Å². The number of halogens is 2. The van der Waals surface area contributed by atoms with E-state index in [0.717, 1.165) is 46.7 Å². The number of carbonyl (C=O) groups is 1. The Bertz CT molecular complexity index is 1040. The number of amides is 1. The van der Waals surface area contributed by atoms with Crippen molar-refractivity contribution in [2.24, 2.45) is 0 Å². The van der Waals surface area contributed by atoms with Gasteiger partial charge in [-0.2, -0.15) is 5.10 Å². The van der Waals surface area contributed by atoms with Gasteiger partial charge in [0.25, 0.3) is 0 Å². The number of aryl methyl sites for hydroxylation is 2. The Labute approximate surface area is 168 Å². The number of nitrogens with zero attached hydrogens (tertiary/aromatic N) is 3. The molecule has 144 valence electrons. The lowest BCUT2D eigenvalue weighted by molar-refractivity contribution is -0.118. The maximum atomic E-state index is 13.5. The third-order valence-corrected chi connectivity index (χ3v) is 5.55. The number of fused-ring (bicyclic) bond motifs is 1. The van der Waals surface area contributed by atoms with E-state index in [4.69, 9.17) is 11.6 Å². The molecule has 2 aromatic carbocycles. The third kappa shape index (κ3) is 3.42. The molecule has 1 aliphatic heterocycles. The van der Waals surface area contributed by atoms with Crippen molar-refractivity contribution in [1.82, 2.24) is 9.78 Å². The molecule has 0 saturated heterocycles. The van der Waals surface area contributed by atoms with Gasteiger partial charge in [0.1, 0.15) is 5.82 Å². The summed E-state index contributed by atoms with van der Waals surface area (Å²) in [4.78, 5) is 14.9. The van der Waals surface area contributed by atoms with Gasteiger partial charge < -0.3 is 4.90 Å². The smallest absolute Gasteiger partial charge is 0.231 e. The molecule has 0 N–H and O–H groups in total. The Kier molecular flexibility index (Phi) is 4.94. The molecule has 1 aliphatic rings. The van der Waals surface area contributed by atoms with Gasteiger partial charge in [0, 0.05) is 28.5 Å². The largest absolute Gasteiger partial charge is 0.312 e. The van der Waals surface area contributed by atoms with Crippen LogP contribution in [0, 0.1) is 19.7 Å². The van der Waals surface area contributed by atoms with Crippen LogP contribution in [0.25, 0.3) is 5.69 Å². The third-order valence-electron chi connectivity index (χ3n) is 5.30. The van der Waals surface area contributed by atoms with Gasteiger partial charge in [-0.3, -0.25) is 4.79 Å². The molecule has 0 unspecified atom stereocenters. The summed E-state index contributed by atoms with van der Waals surface area (Å²) in [5, 5.41) is 5.28. The zero-order valence-corrected chi connectivity index (χ0v) is 16.6. The Morgan fingerprint density at radius 1 is 1.18 bits per heavy atom. The highest BCUT2D eigenvalue weighted by Gasteiger charge is 2.25. The summed E-state index contributed by atoms with van der Waals surface area (Å²) in [6.45, 7) is 4.54. The van der Waals surface area contributed by atoms with Crippen molar-refractivity contribution in [3.8, 4) is 5.69 Å². The van der Waals surface area contributed by atoms with Crippen molar-refractivity contribution in [1.29, 1.82) is 0 Å². The maximum absolute atomic E-state index is 13.5. The monoisotopic (exact) mass is 397 g/mol. The molecule has 4 nitrogen and oxygen atoms in total. The zero-order chi connectivity index (χ0) is 19.8. The normalized spacial score (nSPS) is 13.5. The highest BCUT2D eigenvalue weighted by Crippen LogP contribution is 2.29. The molecule has 0 saturated carbocycles. The lowest BCUT2D eigenvalue weighted by Crippen LogP contribution is -2.36. The van der Waals surface area contributed by atoms with E-state index in [1.807, 2.05) is 42.8 Å². The first-order valence-corrected chi connectivity index (χ1v) is 9.71. The molecule has 28 heavy (non-hydrogen) atoms. The zero-order valence-electron chi connectivity index (χ0n) is 15.9. The topological polar surface area (TPSA) is 38.1 Å². The van der Waals surface area contributed by atoms with Gasteiger partial charge in [0.2, 0.25) is 5.91 Å². The van der Waals surface area contributed by atoms with Crippen LogP contribution in [0.3, 0.4) is 0 Å². The first kappa shape index (κ1) is 18.7. The molecule has 1 amide bonds. The molecule has 4 rings (SSSR count). The van der Waals surface area contributed by atoms with E-state index in [9.17, 15) is 9.18 Å². The fraction of sp³-hybridized carbons (Fsp3) is 0.273. The van der Waals surface area contributed by atoms with Crippen LogP contribution in [0.2, 0.25) is 5.02 Å². The van der Waals surface area contributed by atoms with Crippen molar-refractivity contribution in [3.05, 3.63) is 75.8 Å². The average Bonchev–Trinajstić information content (AvgIpc) is 2.96. The first-order chi connectivity index (χ1) is 13.4. The Morgan fingerprint density at radius 2 is 1.93 bits per heavy atom. The number of rotatable bonds is 3. The van der Waals surface area contributed by atoms with Gasteiger partial charge in [0.05, 0.1) is 17.8 Å². The van der Waals surface area contributed by atoms with Gasteiger partial charge >= 0.3 is 0 Å². The Hall–Kier alpha value is -2.66. The second kappa shape index (κ2) is 7.40. The second-order valence-electron chi connectivity index (χ2n) is 7.14. The van der Waals surface area contributed by atoms with Crippen LogP contribution in [-0.4, -0.2) is 22.2 Å². The highest BCUT2D eigenvalue weighted by molar-refractivity contribution is 6.30. The van der Waals surface area contributed by atoms with Gasteiger partial charge in [-0.05, 0) is 74.7 Å². The van der Waals surface area contributed by atoms with E-state index in [1.54, 1.807) is 11.0 Å². The minimum absolute atomic E-state index is 0.00872. The molecule has 0 atom stereocenters. The van der Waals surface area contributed by atoms with Crippen molar-refractivity contribution < 1.29 is 9.18 Å². The number of aromatic nitrogens is 2. The summed E-state index contributed by atoms with van der Waals surface area (Å²) < 4.78 is 15.4. The second-order valence-corrected chi connectivity index (χ2v) is 7.57. The predicted octanol–water partition coefficient (Wildman–Crippen LogP) is 4.80. The van der Waals surface area contributed by atoms with E-state index in [1.165, 1.54) is 12.1 Å². The van der Waals surface area contributed by atoms with Crippen LogP contribution < -0.4 is 4.90 Å².